The molecule has 1 amide bonds. The van der Waals surface area contributed by atoms with Crippen molar-refractivity contribution in [1.82, 2.24) is 5.32 Å². The van der Waals surface area contributed by atoms with Gasteiger partial charge in [0, 0.05) is 6.04 Å². The van der Waals surface area contributed by atoms with Crippen LogP contribution in [-0.4, -0.2) is 23.0 Å². The minimum Gasteiger partial charge on any atom is -0.409 e. The predicted molar refractivity (Wildman–Crippen MR) is 71.4 cm³/mol. The van der Waals surface area contributed by atoms with Gasteiger partial charge in [0.1, 0.15) is 5.41 Å². The van der Waals surface area contributed by atoms with Gasteiger partial charge in [-0.05, 0) is 25.2 Å². The number of hydrogen-bond donors (Lipinski definition) is 3. The first-order valence-corrected chi connectivity index (χ1v) is 6.80. The second-order valence-corrected chi connectivity index (χ2v) is 5.36. The molecule has 0 aromatic heterocycles. The lowest BCUT2D eigenvalue weighted by molar-refractivity contribution is -0.128. The monoisotopic (exact) mass is 255 g/mol. The highest BCUT2D eigenvalue weighted by Crippen LogP contribution is 2.34. The Balaban J connectivity index is 2.88. The number of nitrogens with one attached hydrogen (secondary N) is 1. The van der Waals surface area contributed by atoms with Crippen LogP contribution in [-0.2, 0) is 4.79 Å². The summed E-state index contributed by atoms with van der Waals surface area (Å²) in [4.78, 5) is 12.5. The van der Waals surface area contributed by atoms with Crippen molar-refractivity contribution in [2.45, 2.75) is 58.9 Å². The van der Waals surface area contributed by atoms with E-state index >= 15 is 0 Å². The Morgan fingerprint density at radius 2 is 1.94 bits per heavy atom. The van der Waals surface area contributed by atoms with Crippen LogP contribution in [0.1, 0.15) is 52.9 Å². The molecule has 0 bridgehead atoms. The molecule has 1 aliphatic carbocycles. The van der Waals surface area contributed by atoms with E-state index in [-0.39, 0.29) is 17.8 Å². The molecule has 0 saturated heterocycles. The van der Waals surface area contributed by atoms with Crippen molar-refractivity contribution < 1.29 is 10.0 Å². The molecule has 0 spiro atoms. The fourth-order valence-corrected chi connectivity index (χ4v) is 2.50. The second kappa shape index (κ2) is 6.07. The minimum absolute atomic E-state index is 0.0389. The van der Waals surface area contributed by atoms with Gasteiger partial charge in [-0.25, -0.2) is 0 Å². The van der Waals surface area contributed by atoms with Gasteiger partial charge in [-0.3, -0.25) is 4.79 Å². The van der Waals surface area contributed by atoms with Crippen molar-refractivity contribution in [2.75, 3.05) is 0 Å². The smallest absolute Gasteiger partial charge is 0.234 e. The van der Waals surface area contributed by atoms with Crippen LogP contribution < -0.4 is 11.1 Å². The minimum atomic E-state index is -0.847. The lowest BCUT2D eigenvalue weighted by Gasteiger charge is -2.30. The van der Waals surface area contributed by atoms with E-state index in [2.05, 4.69) is 17.4 Å². The molecule has 0 radical (unpaired) electrons. The number of nitrogens with two attached hydrogens (primary N) is 1. The first kappa shape index (κ1) is 14.8. The molecule has 5 nitrogen and oxygen atoms in total. The normalized spacial score (nSPS) is 23.8. The molecule has 18 heavy (non-hydrogen) atoms. The number of amidine groups is 1. The molecule has 0 heterocycles. The molecule has 0 aliphatic heterocycles. The summed E-state index contributed by atoms with van der Waals surface area (Å²) >= 11 is 0. The first-order chi connectivity index (χ1) is 8.51. The van der Waals surface area contributed by atoms with Crippen molar-refractivity contribution in [3.8, 4) is 0 Å². The summed E-state index contributed by atoms with van der Waals surface area (Å²) in [7, 11) is 0. The summed E-state index contributed by atoms with van der Waals surface area (Å²) in [6.07, 6.45) is 3.90. The summed E-state index contributed by atoms with van der Waals surface area (Å²) in [5, 5.41) is 15.1. The van der Waals surface area contributed by atoms with Crippen molar-refractivity contribution >= 4 is 11.7 Å². The fraction of sp³-hybridized carbons (Fsp3) is 0.846. The molecule has 2 atom stereocenters. The summed E-state index contributed by atoms with van der Waals surface area (Å²) in [6, 6.07) is 0.261. The zero-order valence-electron chi connectivity index (χ0n) is 11.6. The molecule has 4 N–H and O–H groups in total. The van der Waals surface area contributed by atoms with E-state index < -0.39 is 5.41 Å². The molecule has 1 fully saturated rings. The summed E-state index contributed by atoms with van der Waals surface area (Å²) < 4.78 is 0. The van der Waals surface area contributed by atoms with Crippen molar-refractivity contribution in [1.29, 1.82) is 0 Å². The Hall–Kier alpha value is -1.26. The number of hydrogen-bond acceptors (Lipinski definition) is 3. The summed E-state index contributed by atoms with van der Waals surface area (Å²) in [5.74, 6) is 0.495. The van der Waals surface area contributed by atoms with Gasteiger partial charge in [-0.2, -0.15) is 0 Å². The highest BCUT2D eigenvalue weighted by Gasteiger charge is 2.45. The maximum Gasteiger partial charge on any atom is 0.234 e. The van der Waals surface area contributed by atoms with Gasteiger partial charge in [0.25, 0.3) is 0 Å². The maximum atomic E-state index is 12.5. The van der Waals surface area contributed by atoms with Gasteiger partial charge in [-0.15, -0.1) is 0 Å². The summed E-state index contributed by atoms with van der Waals surface area (Å²) in [6.45, 7) is 6.11. The molecule has 5 heteroatoms. The van der Waals surface area contributed by atoms with Gasteiger partial charge in [0.2, 0.25) is 5.91 Å². The number of carbonyl (C=O) groups excluding carboxylic acids is 1. The van der Waals surface area contributed by atoms with E-state index in [9.17, 15) is 4.79 Å². The Bertz CT molecular complexity index is 322. The van der Waals surface area contributed by atoms with Crippen LogP contribution in [0.3, 0.4) is 0 Å². The van der Waals surface area contributed by atoms with Crippen molar-refractivity contribution in [3.05, 3.63) is 0 Å². The van der Waals surface area contributed by atoms with Gasteiger partial charge >= 0.3 is 0 Å². The topological polar surface area (TPSA) is 87.7 Å². The van der Waals surface area contributed by atoms with Crippen molar-refractivity contribution in [2.24, 2.45) is 22.2 Å². The molecule has 1 saturated carbocycles. The molecule has 2 unspecified atom stereocenters. The lowest BCUT2D eigenvalue weighted by Crippen LogP contribution is -2.50. The van der Waals surface area contributed by atoms with Crippen LogP contribution in [0.5, 0.6) is 0 Å². The maximum absolute atomic E-state index is 12.5. The largest absolute Gasteiger partial charge is 0.409 e. The van der Waals surface area contributed by atoms with Gasteiger partial charge in [0.05, 0.1) is 0 Å². The van der Waals surface area contributed by atoms with Gasteiger partial charge in [0.15, 0.2) is 5.84 Å². The van der Waals surface area contributed by atoms with Crippen LogP contribution in [0.15, 0.2) is 5.16 Å². The van der Waals surface area contributed by atoms with Crippen LogP contribution in [0.4, 0.5) is 0 Å². The average molecular weight is 255 g/mol. The summed E-state index contributed by atoms with van der Waals surface area (Å²) in [5.41, 5.74) is 4.95. The van der Waals surface area contributed by atoms with E-state index in [0.29, 0.717) is 18.8 Å². The van der Waals surface area contributed by atoms with Crippen LogP contribution in [0.2, 0.25) is 0 Å². The number of amides is 1. The lowest BCUT2D eigenvalue weighted by atomic mass is 9.77. The SMILES string of the molecule is CCCC(CCC)(C(=O)NC1CC1C)C(N)=NO. The number of rotatable bonds is 7. The number of oxime groups is 1. The van der Waals surface area contributed by atoms with E-state index in [0.717, 1.165) is 19.3 Å². The average Bonchev–Trinajstić information content (AvgIpc) is 3.03. The Kier molecular flexibility index (Phi) is 4.99. The molecular formula is C13H25N3O2. The van der Waals surface area contributed by atoms with Gasteiger partial charge in [-0.1, -0.05) is 38.8 Å². The predicted octanol–water partition coefficient (Wildman–Crippen LogP) is 1.84. The van der Waals surface area contributed by atoms with E-state index in [4.69, 9.17) is 10.9 Å². The standard InChI is InChI=1S/C13H25N3O2/c1-4-6-13(7-5-2,11(14)16-18)12(17)15-10-8-9(10)3/h9-10,18H,4-8H2,1-3H3,(H2,14,16)(H,15,17). The van der Waals surface area contributed by atoms with Crippen LogP contribution in [0.25, 0.3) is 0 Å². The Labute approximate surface area is 109 Å². The van der Waals surface area contributed by atoms with Crippen LogP contribution in [0, 0.1) is 11.3 Å². The zero-order chi connectivity index (χ0) is 13.8. The molecular weight excluding hydrogens is 230 g/mol. The number of nitrogens with zero attached hydrogens (tertiary/aromatic N) is 1. The first-order valence-electron chi connectivity index (χ1n) is 6.80. The molecule has 104 valence electrons. The molecule has 1 aliphatic rings. The second-order valence-electron chi connectivity index (χ2n) is 5.36. The van der Waals surface area contributed by atoms with Gasteiger partial charge < -0.3 is 16.3 Å². The zero-order valence-corrected chi connectivity index (χ0v) is 11.6. The highest BCUT2D eigenvalue weighted by molar-refractivity contribution is 6.06. The Morgan fingerprint density at radius 3 is 2.28 bits per heavy atom. The van der Waals surface area contributed by atoms with Crippen molar-refractivity contribution in [3.63, 3.8) is 0 Å². The van der Waals surface area contributed by atoms with E-state index in [1.807, 2.05) is 13.8 Å². The third-order valence-corrected chi connectivity index (χ3v) is 3.81. The third kappa shape index (κ3) is 2.94. The Morgan fingerprint density at radius 1 is 1.44 bits per heavy atom. The van der Waals surface area contributed by atoms with E-state index in [1.54, 1.807) is 0 Å². The molecule has 1 rings (SSSR count). The quantitative estimate of drug-likeness (QED) is 0.281. The van der Waals surface area contributed by atoms with E-state index in [1.165, 1.54) is 0 Å². The fourth-order valence-electron chi connectivity index (χ4n) is 2.50. The third-order valence-electron chi connectivity index (χ3n) is 3.81. The molecule has 0 aromatic rings. The van der Waals surface area contributed by atoms with Crippen LogP contribution >= 0.6 is 0 Å². The number of carbonyl (C=O) groups is 1. The molecule has 0 aromatic carbocycles. The highest BCUT2D eigenvalue weighted by atomic mass is 16.4.